The number of rotatable bonds is 4. The van der Waals surface area contributed by atoms with E-state index in [1.165, 1.54) is 13.2 Å². The lowest BCUT2D eigenvalue weighted by Gasteiger charge is -2.10. The largest absolute Gasteiger partial charge is 0.497 e. The zero-order valence-corrected chi connectivity index (χ0v) is 9.98. The fourth-order valence-corrected chi connectivity index (χ4v) is 1.17. The van der Waals surface area contributed by atoms with Crippen LogP contribution in [0.5, 0.6) is 5.75 Å². The van der Waals surface area contributed by atoms with Gasteiger partial charge in [-0.2, -0.15) is 4.99 Å². The number of benzene rings is 1. The molecule has 0 unspecified atom stereocenters. The number of amides is 1. The smallest absolute Gasteiger partial charge is 0.240 e. The fourth-order valence-electron chi connectivity index (χ4n) is 1.17. The monoisotopic (exact) mass is 234 g/mol. The molecule has 0 heterocycles. The summed E-state index contributed by atoms with van der Waals surface area (Å²) in [4.78, 5) is 25.4. The quantitative estimate of drug-likeness (QED) is 0.641. The van der Waals surface area contributed by atoms with E-state index >= 15 is 0 Å². The molecule has 0 fully saturated rings. The second-order valence-corrected chi connectivity index (χ2v) is 3.73. The van der Waals surface area contributed by atoms with Crippen molar-refractivity contribution in [2.75, 3.05) is 12.4 Å². The zero-order chi connectivity index (χ0) is 12.8. The van der Waals surface area contributed by atoms with E-state index in [2.05, 4.69) is 10.3 Å². The molecular weight excluding hydrogens is 220 g/mol. The molecular formula is C12H14N2O3. The number of anilines is 1. The summed E-state index contributed by atoms with van der Waals surface area (Å²) in [6.45, 7) is 3.55. The minimum absolute atomic E-state index is 0.152. The molecule has 17 heavy (non-hydrogen) atoms. The van der Waals surface area contributed by atoms with Crippen molar-refractivity contribution in [3.05, 3.63) is 18.2 Å². The van der Waals surface area contributed by atoms with Gasteiger partial charge < -0.3 is 10.1 Å². The summed E-state index contributed by atoms with van der Waals surface area (Å²) in [5, 5.41) is 2.68. The van der Waals surface area contributed by atoms with Gasteiger partial charge in [-0.1, -0.05) is 13.8 Å². The molecule has 0 aliphatic carbocycles. The number of carbonyl (C=O) groups excluding carboxylic acids is 2. The summed E-state index contributed by atoms with van der Waals surface area (Å²) in [5.41, 5.74) is 0.793. The molecule has 0 bridgehead atoms. The van der Waals surface area contributed by atoms with Crippen molar-refractivity contribution < 1.29 is 14.3 Å². The third-order valence-corrected chi connectivity index (χ3v) is 2.15. The van der Waals surface area contributed by atoms with E-state index in [0.29, 0.717) is 17.1 Å². The molecule has 0 aliphatic heterocycles. The Morgan fingerprint density at radius 2 is 2.18 bits per heavy atom. The van der Waals surface area contributed by atoms with Gasteiger partial charge in [-0.3, -0.25) is 4.79 Å². The first-order valence-electron chi connectivity index (χ1n) is 5.15. The average molecular weight is 234 g/mol. The SMILES string of the molecule is COc1ccc(N=C=O)c(NC(=O)C(C)C)c1. The summed E-state index contributed by atoms with van der Waals surface area (Å²) >= 11 is 0. The summed E-state index contributed by atoms with van der Waals surface area (Å²) in [5.74, 6) is 0.267. The van der Waals surface area contributed by atoms with Gasteiger partial charge in [0.2, 0.25) is 12.0 Å². The highest BCUT2D eigenvalue weighted by atomic mass is 16.5. The van der Waals surface area contributed by atoms with Crippen LogP contribution in [-0.2, 0) is 9.59 Å². The van der Waals surface area contributed by atoms with Crippen LogP contribution in [0.15, 0.2) is 23.2 Å². The van der Waals surface area contributed by atoms with Crippen LogP contribution >= 0.6 is 0 Å². The summed E-state index contributed by atoms with van der Waals surface area (Å²) in [6, 6.07) is 4.84. The minimum Gasteiger partial charge on any atom is -0.497 e. The van der Waals surface area contributed by atoms with Crippen LogP contribution in [-0.4, -0.2) is 19.1 Å². The van der Waals surface area contributed by atoms with Crippen LogP contribution in [0, 0.1) is 5.92 Å². The van der Waals surface area contributed by atoms with E-state index in [4.69, 9.17) is 4.74 Å². The summed E-state index contributed by atoms with van der Waals surface area (Å²) in [6.07, 6.45) is 1.45. The van der Waals surface area contributed by atoms with Crippen molar-refractivity contribution in [3.63, 3.8) is 0 Å². The molecule has 0 saturated heterocycles. The van der Waals surface area contributed by atoms with Crippen molar-refractivity contribution in [1.29, 1.82) is 0 Å². The molecule has 0 saturated carbocycles. The number of nitrogens with zero attached hydrogens (tertiary/aromatic N) is 1. The Morgan fingerprint density at radius 1 is 1.47 bits per heavy atom. The van der Waals surface area contributed by atoms with Crippen molar-refractivity contribution in [3.8, 4) is 5.75 Å². The van der Waals surface area contributed by atoms with Gasteiger partial charge in [-0.15, -0.1) is 0 Å². The minimum atomic E-state index is -0.158. The molecule has 1 aromatic carbocycles. The predicted octanol–water partition coefficient (Wildman–Crippen LogP) is 2.26. The van der Waals surface area contributed by atoms with Gasteiger partial charge in [0.25, 0.3) is 0 Å². The molecule has 1 amide bonds. The summed E-state index contributed by atoms with van der Waals surface area (Å²) < 4.78 is 5.04. The molecule has 0 spiro atoms. The molecule has 1 N–H and O–H groups in total. The standard InChI is InChI=1S/C12H14N2O3/c1-8(2)12(16)14-11-6-9(17-3)4-5-10(11)13-7-15/h4-6,8H,1-3H3,(H,14,16). The van der Waals surface area contributed by atoms with Gasteiger partial charge >= 0.3 is 0 Å². The molecule has 1 aromatic rings. The molecule has 0 atom stereocenters. The van der Waals surface area contributed by atoms with Gasteiger partial charge in [0, 0.05) is 12.0 Å². The molecule has 5 heteroatoms. The maximum absolute atomic E-state index is 11.6. The predicted molar refractivity (Wildman–Crippen MR) is 64.2 cm³/mol. The van der Waals surface area contributed by atoms with E-state index in [1.54, 1.807) is 32.0 Å². The first-order chi connectivity index (χ1) is 8.08. The third-order valence-electron chi connectivity index (χ3n) is 2.15. The number of nitrogens with one attached hydrogen (secondary N) is 1. The molecule has 1 rings (SSSR count). The summed E-state index contributed by atoms with van der Waals surface area (Å²) in [7, 11) is 1.52. The Bertz CT molecular complexity index is 463. The first-order valence-corrected chi connectivity index (χ1v) is 5.15. The lowest BCUT2D eigenvalue weighted by Crippen LogP contribution is -2.17. The van der Waals surface area contributed by atoms with Crippen molar-refractivity contribution in [2.45, 2.75) is 13.8 Å². The average Bonchev–Trinajstić information content (AvgIpc) is 2.31. The number of aliphatic imine (C=N–C) groups is 1. The molecule has 0 radical (unpaired) electrons. The van der Waals surface area contributed by atoms with Gasteiger partial charge in [-0.05, 0) is 12.1 Å². The van der Waals surface area contributed by atoms with Crippen LogP contribution in [0.1, 0.15) is 13.8 Å². The van der Waals surface area contributed by atoms with Gasteiger partial charge in [0.05, 0.1) is 12.8 Å². The van der Waals surface area contributed by atoms with Crippen LogP contribution in [0.3, 0.4) is 0 Å². The van der Waals surface area contributed by atoms with Crippen molar-refractivity contribution in [1.82, 2.24) is 0 Å². The second kappa shape index (κ2) is 5.82. The van der Waals surface area contributed by atoms with E-state index in [-0.39, 0.29) is 11.8 Å². The molecule has 5 nitrogen and oxygen atoms in total. The van der Waals surface area contributed by atoms with Gasteiger partial charge in [0.15, 0.2) is 0 Å². The second-order valence-electron chi connectivity index (χ2n) is 3.73. The number of ether oxygens (including phenoxy) is 1. The fraction of sp³-hybridized carbons (Fsp3) is 0.333. The highest BCUT2D eigenvalue weighted by Gasteiger charge is 2.11. The molecule has 90 valence electrons. The number of hydrogen-bond donors (Lipinski definition) is 1. The van der Waals surface area contributed by atoms with Crippen LogP contribution in [0.2, 0.25) is 0 Å². The highest BCUT2D eigenvalue weighted by Crippen LogP contribution is 2.29. The Balaban J connectivity index is 3.08. The van der Waals surface area contributed by atoms with Crippen LogP contribution < -0.4 is 10.1 Å². The lowest BCUT2D eigenvalue weighted by atomic mass is 10.2. The van der Waals surface area contributed by atoms with E-state index in [1.807, 2.05) is 0 Å². The Labute approximate surface area is 99.5 Å². The first kappa shape index (κ1) is 12.9. The Morgan fingerprint density at radius 3 is 2.71 bits per heavy atom. The normalized spacial score (nSPS) is 9.65. The van der Waals surface area contributed by atoms with Gasteiger partial charge in [-0.25, -0.2) is 4.79 Å². The maximum atomic E-state index is 11.6. The lowest BCUT2D eigenvalue weighted by molar-refractivity contribution is -0.118. The maximum Gasteiger partial charge on any atom is 0.240 e. The van der Waals surface area contributed by atoms with Crippen LogP contribution in [0.4, 0.5) is 11.4 Å². The topological polar surface area (TPSA) is 67.8 Å². The van der Waals surface area contributed by atoms with Crippen LogP contribution in [0.25, 0.3) is 0 Å². The van der Waals surface area contributed by atoms with E-state index in [0.717, 1.165) is 0 Å². The molecule has 0 aromatic heterocycles. The number of carbonyl (C=O) groups is 1. The van der Waals surface area contributed by atoms with E-state index in [9.17, 15) is 9.59 Å². The third kappa shape index (κ3) is 3.43. The number of hydrogen-bond acceptors (Lipinski definition) is 4. The van der Waals surface area contributed by atoms with Crippen molar-refractivity contribution in [2.24, 2.45) is 10.9 Å². The van der Waals surface area contributed by atoms with Gasteiger partial charge in [0.1, 0.15) is 11.4 Å². The highest BCUT2D eigenvalue weighted by molar-refractivity contribution is 5.95. The Kier molecular flexibility index (Phi) is 4.43. The number of isocyanates is 1. The van der Waals surface area contributed by atoms with E-state index < -0.39 is 0 Å². The van der Waals surface area contributed by atoms with Crippen molar-refractivity contribution >= 4 is 23.4 Å². The molecule has 0 aliphatic rings. The zero-order valence-electron chi connectivity index (χ0n) is 9.98. The number of methoxy groups -OCH3 is 1. The Hall–Kier alpha value is -2.13.